The summed E-state index contributed by atoms with van der Waals surface area (Å²) < 4.78 is 0. The lowest BCUT2D eigenvalue weighted by Crippen LogP contribution is -2.30. The number of phenols is 1. The molecule has 0 bridgehead atoms. The topological polar surface area (TPSA) is 102 Å². The number of anilines is 1. The van der Waals surface area contributed by atoms with E-state index in [0.29, 0.717) is 12.2 Å². The highest BCUT2D eigenvalue weighted by Gasteiger charge is 2.10. The summed E-state index contributed by atoms with van der Waals surface area (Å²) in [5.41, 5.74) is 0.130. The Morgan fingerprint density at radius 3 is 2.44 bits per heavy atom. The number of carbonyl (C=O) groups excluding carboxylic acids is 1. The summed E-state index contributed by atoms with van der Waals surface area (Å²) in [7, 11) is 3.50. The monoisotopic (exact) mass is 387 g/mol. The Labute approximate surface area is 155 Å². The lowest BCUT2D eigenvalue weighted by atomic mass is 10.2. The fourth-order valence-corrected chi connectivity index (χ4v) is 3.93. The highest BCUT2D eigenvalue weighted by atomic mass is 33.1. The quantitative estimate of drug-likeness (QED) is 0.342. The van der Waals surface area contributed by atoms with Gasteiger partial charge in [-0.1, -0.05) is 35.4 Å². The SMILES string of the molecule is CCN(CC)CCSSCCNC(=O)Nc1ccc(C(=O)O)c(O)c1. The number of carboxylic acids is 1. The Hall–Kier alpha value is -1.58. The van der Waals surface area contributed by atoms with Gasteiger partial charge in [0.2, 0.25) is 0 Å². The van der Waals surface area contributed by atoms with Gasteiger partial charge in [-0.2, -0.15) is 0 Å². The number of benzene rings is 1. The molecule has 0 aliphatic heterocycles. The molecule has 0 saturated heterocycles. The maximum absolute atomic E-state index is 11.8. The Bertz CT molecular complexity index is 568. The molecule has 9 heteroatoms. The van der Waals surface area contributed by atoms with Gasteiger partial charge in [0, 0.05) is 36.3 Å². The first kappa shape index (κ1) is 21.5. The second kappa shape index (κ2) is 11.9. The van der Waals surface area contributed by atoms with Crippen molar-refractivity contribution in [2.45, 2.75) is 13.8 Å². The summed E-state index contributed by atoms with van der Waals surface area (Å²) in [4.78, 5) is 24.9. The number of hydrogen-bond donors (Lipinski definition) is 4. The molecule has 2 amide bonds. The van der Waals surface area contributed by atoms with Gasteiger partial charge in [0.25, 0.3) is 0 Å². The molecule has 1 aromatic carbocycles. The van der Waals surface area contributed by atoms with Crippen LogP contribution in [-0.2, 0) is 0 Å². The number of aromatic hydroxyl groups is 1. The molecule has 0 spiro atoms. The van der Waals surface area contributed by atoms with Gasteiger partial charge < -0.3 is 25.7 Å². The minimum absolute atomic E-state index is 0.205. The number of hydrogen-bond acceptors (Lipinski definition) is 6. The second-order valence-corrected chi connectivity index (χ2v) is 7.79. The van der Waals surface area contributed by atoms with Crippen LogP contribution in [0, 0.1) is 0 Å². The zero-order valence-corrected chi connectivity index (χ0v) is 16.1. The van der Waals surface area contributed by atoms with Crippen LogP contribution in [-0.4, -0.2) is 64.8 Å². The van der Waals surface area contributed by atoms with E-state index in [9.17, 15) is 14.7 Å². The summed E-state index contributed by atoms with van der Waals surface area (Å²) >= 11 is 0. The molecule has 0 aromatic heterocycles. The van der Waals surface area contributed by atoms with Crippen LogP contribution >= 0.6 is 21.6 Å². The van der Waals surface area contributed by atoms with Crippen molar-refractivity contribution in [3.8, 4) is 5.75 Å². The third-order valence-electron chi connectivity index (χ3n) is 3.43. The zero-order chi connectivity index (χ0) is 18.7. The molecule has 1 aromatic rings. The van der Waals surface area contributed by atoms with E-state index in [-0.39, 0.29) is 11.3 Å². The first-order valence-corrected chi connectivity index (χ1v) is 10.5. The van der Waals surface area contributed by atoms with Gasteiger partial charge in [0.1, 0.15) is 11.3 Å². The Morgan fingerprint density at radius 2 is 1.84 bits per heavy atom. The molecule has 140 valence electrons. The third kappa shape index (κ3) is 8.37. The molecule has 0 unspecified atom stereocenters. The molecule has 7 nitrogen and oxygen atoms in total. The molecule has 0 atom stereocenters. The van der Waals surface area contributed by atoms with Crippen LogP contribution in [0.4, 0.5) is 10.5 Å². The molecule has 1 rings (SSSR count). The number of nitrogens with zero attached hydrogens (tertiary/aromatic N) is 1. The highest BCUT2D eigenvalue weighted by molar-refractivity contribution is 8.76. The van der Waals surface area contributed by atoms with Crippen molar-refractivity contribution < 1.29 is 19.8 Å². The van der Waals surface area contributed by atoms with E-state index < -0.39 is 12.0 Å². The first-order valence-electron chi connectivity index (χ1n) is 8.05. The number of rotatable bonds is 11. The highest BCUT2D eigenvalue weighted by Crippen LogP contribution is 2.22. The van der Waals surface area contributed by atoms with Gasteiger partial charge in [-0.15, -0.1) is 0 Å². The largest absolute Gasteiger partial charge is 0.507 e. The molecular weight excluding hydrogens is 362 g/mol. The van der Waals surface area contributed by atoms with Crippen molar-refractivity contribution in [1.29, 1.82) is 0 Å². The van der Waals surface area contributed by atoms with Crippen LogP contribution < -0.4 is 10.6 Å². The number of carbonyl (C=O) groups is 2. The Kier molecular flexibility index (Phi) is 10.2. The first-order chi connectivity index (χ1) is 12.0. The van der Waals surface area contributed by atoms with E-state index in [4.69, 9.17) is 5.11 Å². The predicted molar refractivity (Wildman–Crippen MR) is 105 cm³/mol. The fraction of sp³-hybridized carbons (Fsp3) is 0.500. The third-order valence-corrected chi connectivity index (χ3v) is 5.81. The van der Waals surface area contributed by atoms with Crippen LogP contribution in [0.5, 0.6) is 5.75 Å². The normalized spacial score (nSPS) is 10.7. The Balaban J connectivity index is 2.19. The molecule has 4 N–H and O–H groups in total. The van der Waals surface area contributed by atoms with E-state index in [2.05, 4.69) is 29.4 Å². The molecule has 0 aliphatic carbocycles. The van der Waals surface area contributed by atoms with Gasteiger partial charge in [-0.25, -0.2) is 9.59 Å². The van der Waals surface area contributed by atoms with Crippen LogP contribution in [0.3, 0.4) is 0 Å². The smallest absolute Gasteiger partial charge is 0.339 e. The number of aromatic carboxylic acids is 1. The van der Waals surface area contributed by atoms with Crippen molar-refractivity contribution in [3.63, 3.8) is 0 Å². The molecule has 25 heavy (non-hydrogen) atoms. The molecule has 0 fully saturated rings. The average molecular weight is 388 g/mol. The summed E-state index contributed by atoms with van der Waals surface area (Å²) in [5, 5.41) is 23.7. The van der Waals surface area contributed by atoms with Crippen molar-refractivity contribution >= 4 is 39.3 Å². The molecular formula is C16H25N3O4S2. The summed E-state index contributed by atoms with van der Waals surface area (Å²) in [6.45, 7) is 8.01. The number of nitrogens with one attached hydrogen (secondary N) is 2. The lowest BCUT2D eigenvalue weighted by Gasteiger charge is -2.16. The van der Waals surface area contributed by atoms with Crippen molar-refractivity contribution in [2.75, 3.05) is 43.0 Å². The summed E-state index contributed by atoms with van der Waals surface area (Å²) in [5.74, 6) is 0.238. The van der Waals surface area contributed by atoms with Crippen LogP contribution in [0.1, 0.15) is 24.2 Å². The van der Waals surface area contributed by atoms with E-state index in [1.165, 1.54) is 18.2 Å². The van der Waals surface area contributed by atoms with Gasteiger partial charge in [0.05, 0.1) is 0 Å². The zero-order valence-electron chi connectivity index (χ0n) is 14.4. The van der Waals surface area contributed by atoms with Crippen molar-refractivity contribution in [3.05, 3.63) is 23.8 Å². The minimum Gasteiger partial charge on any atom is -0.507 e. The summed E-state index contributed by atoms with van der Waals surface area (Å²) in [6.07, 6.45) is 0. The van der Waals surface area contributed by atoms with E-state index in [1.807, 2.05) is 0 Å². The molecule has 0 heterocycles. The van der Waals surface area contributed by atoms with Crippen molar-refractivity contribution in [2.24, 2.45) is 0 Å². The minimum atomic E-state index is -1.22. The summed E-state index contributed by atoms with van der Waals surface area (Å²) in [6, 6.07) is 3.49. The van der Waals surface area contributed by atoms with E-state index in [1.54, 1.807) is 21.6 Å². The maximum atomic E-state index is 11.8. The van der Waals surface area contributed by atoms with Crippen LogP contribution in [0.25, 0.3) is 0 Å². The van der Waals surface area contributed by atoms with Gasteiger partial charge in [-0.05, 0) is 25.2 Å². The average Bonchev–Trinajstić information content (AvgIpc) is 2.57. The molecule has 0 saturated carbocycles. The van der Waals surface area contributed by atoms with Gasteiger partial charge >= 0.3 is 12.0 Å². The number of carboxylic acid groups (broad SMARTS) is 1. The second-order valence-electron chi connectivity index (χ2n) is 5.09. The van der Waals surface area contributed by atoms with Crippen molar-refractivity contribution in [1.82, 2.24) is 10.2 Å². The van der Waals surface area contributed by atoms with E-state index >= 15 is 0 Å². The van der Waals surface area contributed by atoms with Crippen LogP contribution in [0.2, 0.25) is 0 Å². The maximum Gasteiger partial charge on any atom is 0.339 e. The number of amides is 2. The Morgan fingerprint density at radius 1 is 1.16 bits per heavy atom. The number of urea groups is 1. The molecule has 0 aliphatic rings. The predicted octanol–water partition coefficient (Wildman–Crippen LogP) is 2.94. The van der Waals surface area contributed by atoms with Gasteiger partial charge in [0.15, 0.2) is 0 Å². The molecule has 0 radical (unpaired) electrons. The van der Waals surface area contributed by atoms with Gasteiger partial charge in [-0.3, -0.25) is 0 Å². The lowest BCUT2D eigenvalue weighted by molar-refractivity contribution is 0.0694. The van der Waals surface area contributed by atoms with Crippen LogP contribution in [0.15, 0.2) is 18.2 Å². The fourth-order valence-electron chi connectivity index (χ4n) is 2.00. The van der Waals surface area contributed by atoms with E-state index in [0.717, 1.165) is 31.1 Å². The standard InChI is InChI=1S/C16H25N3O4S2/c1-3-19(4-2)8-10-25-24-9-7-17-16(23)18-12-5-6-13(15(21)22)14(20)11-12/h5-6,11,20H,3-4,7-10H2,1-2H3,(H,21,22)(H2,17,18,23).